The van der Waals surface area contributed by atoms with E-state index in [0.717, 1.165) is 0 Å². The molecule has 1 aromatic carbocycles. The van der Waals surface area contributed by atoms with Gasteiger partial charge in [-0.05, 0) is 19.1 Å². The number of ether oxygens (including phenoxy) is 1. The summed E-state index contributed by atoms with van der Waals surface area (Å²) in [5.74, 6) is 0.528. The van der Waals surface area contributed by atoms with Crippen LogP contribution in [0.25, 0.3) is 0 Å². The van der Waals surface area contributed by atoms with Gasteiger partial charge in [0.05, 0.1) is 0 Å². The number of hydrogen-bond donors (Lipinski definition) is 0. The molecule has 0 bridgehead atoms. The summed E-state index contributed by atoms with van der Waals surface area (Å²) in [6, 6.07) is 8.88. The van der Waals surface area contributed by atoms with Crippen LogP contribution in [0.4, 0.5) is 4.79 Å². The van der Waals surface area contributed by atoms with E-state index in [1.807, 2.05) is 6.07 Å². The molecule has 0 N–H and O–H groups in total. The van der Waals surface area contributed by atoms with Crippen molar-refractivity contribution in [2.45, 2.75) is 6.92 Å². The molecule has 12 heavy (non-hydrogen) atoms. The fraction of sp³-hybridized carbons (Fsp3) is 0.222. The molecule has 0 aromatic heterocycles. The maximum Gasteiger partial charge on any atom is 0.434 e. The summed E-state index contributed by atoms with van der Waals surface area (Å²) in [4.78, 5) is 10.8. The van der Waals surface area contributed by atoms with Crippen molar-refractivity contribution in [3.05, 3.63) is 30.3 Å². The summed E-state index contributed by atoms with van der Waals surface area (Å²) >= 11 is 0. The lowest BCUT2D eigenvalue weighted by Gasteiger charge is -2.00. The van der Waals surface area contributed by atoms with Crippen molar-refractivity contribution in [1.29, 1.82) is 0 Å². The van der Waals surface area contributed by atoms with Gasteiger partial charge in [0, 0.05) is 6.54 Å². The molecule has 3 heteroatoms. The zero-order valence-electron chi connectivity index (χ0n) is 6.86. The summed E-state index contributed by atoms with van der Waals surface area (Å²) < 4.78 is 4.85. The van der Waals surface area contributed by atoms with E-state index in [4.69, 9.17) is 4.74 Å². The quantitative estimate of drug-likeness (QED) is 0.668. The molecule has 0 spiro atoms. The molecule has 0 aliphatic heterocycles. The van der Waals surface area contributed by atoms with Gasteiger partial charge in [-0.25, -0.2) is 10.1 Å². The van der Waals surface area contributed by atoms with E-state index in [1.165, 1.54) is 0 Å². The molecular weight excluding hydrogens is 154 g/mol. The highest BCUT2D eigenvalue weighted by Crippen LogP contribution is 2.07. The van der Waals surface area contributed by atoms with Crippen molar-refractivity contribution in [3.8, 4) is 5.75 Å². The van der Waals surface area contributed by atoms with E-state index in [-0.39, 0.29) is 0 Å². The SMILES string of the molecule is CC[N]C(=O)Oc1ccccc1. The molecule has 0 saturated carbocycles. The zero-order valence-corrected chi connectivity index (χ0v) is 6.86. The largest absolute Gasteiger partial charge is 0.434 e. The number of hydrogen-bond acceptors (Lipinski definition) is 2. The lowest BCUT2D eigenvalue weighted by atomic mass is 10.3. The number of carbonyl (C=O) groups is 1. The van der Waals surface area contributed by atoms with Crippen LogP contribution in [0.3, 0.4) is 0 Å². The van der Waals surface area contributed by atoms with Crippen molar-refractivity contribution in [1.82, 2.24) is 5.32 Å². The molecule has 1 rings (SSSR count). The fourth-order valence-electron chi connectivity index (χ4n) is 0.751. The molecule has 0 aliphatic carbocycles. The summed E-state index contributed by atoms with van der Waals surface area (Å²) in [6.07, 6.45) is -0.538. The predicted molar refractivity (Wildman–Crippen MR) is 45.1 cm³/mol. The average Bonchev–Trinajstić information content (AvgIpc) is 2.06. The van der Waals surface area contributed by atoms with Crippen LogP contribution in [-0.4, -0.2) is 12.6 Å². The molecule has 3 nitrogen and oxygen atoms in total. The molecule has 1 radical (unpaired) electrons. The van der Waals surface area contributed by atoms with Gasteiger partial charge in [-0.1, -0.05) is 18.2 Å². The van der Waals surface area contributed by atoms with Crippen molar-refractivity contribution in [2.24, 2.45) is 0 Å². The smallest absolute Gasteiger partial charge is 0.409 e. The van der Waals surface area contributed by atoms with Gasteiger partial charge >= 0.3 is 6.09 Å². The molecule has 0 saturated heterocycles. The van der Waals surface area contributed by atoms with Crippen molar-refractivity contribution >= 4 is 6.09 Å². The molecule has 0 heterocycles. The van der Waals surface area contributed by atoms with Crippen molar-refractivity contribution in [3.63, 3.8) is 0 Å². The maximum atomic E-state index is 10.8. The van der Waals surface area contributed by atoms with Crippen LogP contribution in [0, 0.1) is 0 Å². The molecule has 0 unspecified atom stereocenters. The first-order valence-electron chi connectivity index (χ1n) is 3.77. The van der Waals surface area contributed by atoms with E-state index >= 15 is 0 Å². The Morgan fingerprint density at radius 3 is 2.67 bits per heavy atom. The highest BCUT2D eigenvalue weighted by atomic mass is 16.5. The highest BCUT2D eigenvalue weighted by molar-refractivity contribution is 5.69. The zero-order chi connectivity index (χ0) is 8.81. The van der Waals surface area contributed by atoms with Crippen LogP contribution in [0.5, 0.6) is 5.75 Å². The topological polar surface area (TPSA) is 40.4 Å². The van der Waals surface area contributed by atoms with Gasteiger partial charge in [0.1, 0.15) is 5.75 Å². The molecule has 63 valence electrons. The van der Waals surface area contributed by atoms with Crippen LogP contribution < -0.4 is 10.1 Å². The van der Waals surface area contributed by atoms with Gasteiger partial charge in [0.2, 0.25) is 0 Å². The first-order valence-corrected chi connectivity index (χ1v) is 3.77. The van der Waals surface area contributed by atoms with E-state index < -0.39 is 6.09 Å². The number of rotatable bonds is 2. The first-order chi connectivity index (χ1) is 5.83. The van der Waals surface area contributed by atoms with E-state index in [1.54, 1.807) is 31.2 Å². The number of benzene rings is 1. The lowest BCUT2D eigenvalue weighted by molar-refractivity contribution is 0.200. The second-order valence-corrected chi connectivity index (χ2v) is 2.16. The van der Waals surface area contributed by atoms with Crippen LogP contribution >= 0.6 is 0 Å². The van der Waals surface area contributed by atoms with Gasteiger partial charge in [0.25, 0.3) is 0 Å². The molecule has 1 amide bonds. The average molecular weight is 164 g/mol. The van der Waals surface area contributed by atoms with Gasteiger partial charge < -0.3 is 4.74 Å². The molecule has 1 aromatic rings. The summed E-state index contributed by atoms with van der Waals surface area (Å²) in [6.45, 7) is 2.23. The van der Waals surface area contributed by atoms with E-state index in [2.05, 4.69) is 5.32 Å². The van der Waals surface area contributed by atoms with Crippen molar-refractivity contribution < 1.29 is 9.53 Å². The Bertz CT molecular complexity index is 246. The highest BCUT2D eigenvalue weighted by Gasteiger charge is 2.01. The number of amides is 1. The number of nitrogens with zero attached hydrogens (tertiary/aromatic N) is 1. The minimum absolute atomic E-state index is 0.450. The van der Waals surface area contributed by atoms with Gasteiger partial charge in [0.15, 0.2) is 0 Å². The van der Waals surface area contributed by atoms with Crippen LogP contribution in [0.1, 0.15) is 6.92 Å². The Kier molecular flexibility index (Phi) is 3.14. The first kappa shape index (κ1) is 8.59. The normalized spacial score (nSPS) is 9.08. The van der Waals surface area contributed by atoms with Crippen LogP contribution in [-0.2, 0) is 0 Å². The van der Waals surface area contributed by atoms with E-state index in [9.17, 15) is 4.79 Å². The Balaban J connectivity index is 2.47. The summed E-state index contributed by atoms with van der Waals surface area (Å²) in [5, 5.41) is 3.56. The minimum Gasteiger partial charge on any atom is -0.409 e. The number of carbonyl (C=O) groups excluding carboxylic acids is 1. The van der Waals surface area contributed by atoms with E-state index in [0.29, 0.717) is 12.3 Å². The Labute approximate surface area is 71.4 Å². The predicted octanol–water partition coefficient (Wildman–Crippen LogP) is 1.81. The third-order valence-corrected chi connectivity index (χ3v) is 1.24. The minimum atomic E-state index is -0.538. The maximum absolute atomic E-state index is 10.8. The lowest BCUT2D eigenvalue weighted by Crippen LogP contribution is -2.19. The number of para-hydroxylation sites is 1. The third kappa shape index (κ3) is 2.62. The van der Waals surface area contributed by atoms with Crippen LogP contribution in [0.2, 0.25) is 0 Å². The molecule has 0 fully saturated rings. The monoisotopic (exact) mass is 164 g/mol. The molecular formula is C9H10NO2. The molecule has 0 aliphatic rings. The third-order valence-electron chi connectivity index (χ3n) is 1.24. The standard InChI is InChI=1S/C9H10NO2/c1-2-10-9(11)12-8-6-4-3-5-7-8/h3-7H,2H2,1H3. The van der Waals surface area contributed by atoms with Crippen LogP contribution in [0.15, 0.2) is 30.3 Å². The summed E-state index contributed by atoms with van der Waals surface area (Å²) in [7, 11) is 0. The van der Waals surface area contributed by atoms with Gasteiger partial charge in [-0.15, -0.1) is 0 Å². The van der Waals surface area contributed by atoms with Gasteiger partial charge in [-0.3, -0.25) is 0 Å². The Morgan fingerprint density at radius 1 is 1.42 bits per heavy atom. The molecule has 0 atom stereocenters. The second kappa shape index (κ2) is 4.38. The second-order valence-electron chi connectivity index (χ2n) is 2.16. The fourth-order valence-corrected chi connectivity index (χ4v) is 0.751. The van der Waals surface area contributed by atoms with Gasteiger partial charge in [-0.2, -0.15) is 0 Å². The summed E-state index contributed by atoms with van der Waals surface area (Å²) in [5.41, 5.74) is 0. The Morgan fingerprint density at radius 2 is 2.08 bits per heavy atom. The Hall–Kier alpha value is -1.51. The van der Waals surface area contributed by atoms with Crippen molar-refractivity contribution in [2.75, 3.05) is 6.54 Å².